The Labute approximate surface area is 203 Å². The minimum absolute atomic E-state index is 0.0251. The Morgan fingerprint density at radius 3 is 2.69 bits per heavy atom. The van der Waals surface area contributed by atoms with Crippen LogP contribution >= 0.6 is 0 Å². The summed E-state index contributed by atoms with van der Waals surface area (Å²) < 4.78 is 27.7. The Hall–Kier alpha value is -3.66. The molecule has 180 valence electrons. The molecule has 0 aliphatic carbocycles. The topological polar surface area (TPSA) is 93.3 Å². The molecule has 1 amide bonds. The van der Waals surface area contributed by atoms with Crippen molar-refractivity contribution in [3.05, 3.63) is 64.3 Å². The van der Waals surface area contributed by atoms with Gasteiger partial charge in [-0.2, -0.15) is 5.10 Å². The molecular formula is C25H26N6O3S. The Morgan fingerprint density at radius 1 is 1.11 bits per heavy atom. The molecule has 3 aliphatic heterocycles. The number of carbonyl (C=O) groups excluding carboxylic acids is 1. The van der Waals surface area contributed by atoms with Gasteiger partial charge in [-0.3, -0.25) is 9.48 Å². The first-order valence-electron chi connectivity index (χ1n) is 11.7. The van der Waals surface area contributed by atoms with Gasteiger partial charge in [0, 0.05) is 61.9 Å². The van der Waals surface area contributed by atoms with Gasteiger partial charge in [0.05, 0.1) is 29.5 Å². The van der Waals surface area contributed by atoms with E-state index in [1.807, 2.05) is 24.3 Å². The van der Waals surface area contributed by atoms with Crippen molar-refractivity contribution in [1.29, 1.82) is 0 Å². The Morgan fingerprint density at radius 2 is 1.97 bits per heavy atom. The van der Waals surface area contributed by atoms with E-state index in [0.717, 1.165) is 53.3 Å². The number of anilines is 2. The minimum Gasteiger partial charge on any atom is -0.338 e. The van der Waals surface area contributed by atoms with Crippen molar-refractivity contribution in [1.82, 2.24) is 24.5 Å². The van der Waals surface area contributed by atoms with Crippen molar-refractivity contribution in [2.24, 2.45) is 7.05 Å². The van der Waals surface area contributed by atoms with Crippen molar-refractivity contribution >= 4 is 32.9 Å². The standard InChI is InChI=1S/C25H26N6O3S/c1-17(32)29-10-7-24-22(15-29)25(27-31(24)21-8-11-35(33,34)16-21)30-9-3-4-19-12-18(5-6-23(19)30)20-13-26-28(2)14-20/h5-6,8,11-14,16H,3-4,7,9-10,15H2,1-2H3. The summed E-state index contributed by atoms with van der Waals surface area (Å²) in [6, 6.07) is 6.46. The number of hydrogen-bond donors (Lipinski definition) is 0. The quantitative estimate of drug-likeness (QED) is 0.560. The predicted molar refractivity (Wildman–Crippen MR) is 133 cm³/mol. The number of aromatic nitrogens is 4. The van der Waals surface area contributed by atoms with Crippen LogP contribution in [0, 0.1) is 0 Å². The van der Waals surface area contributed by atoms with E-state index < -0.39 is 9.84 Å². The van der Waals surface area contributed by atoms with Crippen LogP contribution in [0.1, 0.15) is 30.2 Å². The first kappa shape index (κ1) is 21.8. The number of amides is 1. The van der Waals surface area contributed by atoms with Gasteiger partial charge in [-0.15, -0.1) is 5.10 Å². The molecule has 35 heavy (non-hydrogen) atoms. The molecule has 0 N–H and O–H groups in total. The van der Waals surface area contributed by atoms with E-state index in [4.69, 9.17) is 5.10 Å². The van der Waals surface area contributed by atoms with E-state index in [1.165, 1.54) is 16.4 Å². The second kappa shape index (κ2) is 7.94. The van der Waals surface area contributed by atoms with Crippen LogP contribution in [0.25, 0.3) is 16.8 Å². The number of allylic oxidation sites excluding steroid dienone is 2. The molecule has 0 saturated carbocycles. The summed E-state index contributed by atoms with van der Waals surface area (Å²) in [7, 11) is -1.47. The summed E-state index contributed by atoms with van der Waals surface area (Å²) in [6.07, 6.45) is 8.02. The molecule has 0 unspecified atom stereocenters. The van der Waals surface area contributed by atoms with Crippen LogP contribution < -0.4 is 4.90 Å². The molecule has 3 aromatic rings. The summed E-state index contributed by atoms with van der Waals surface area (Å²) in [5.41, 5.74) is 7.02. The van der Waals surface area contributed by atoms with Crippen LogP contribution in [0.3, 0.4) is 0 Å². The highest BCUT2D eigenvalue weighted by Gasteiger charge is 2.32. The van der Waals surface area contributed by atoms with E-state index in [2.05, 4.69) is 28.2 Å². The third-order valence-electron chi connectivity index (χ3n) is 6.93. The van der Waals surface area contributed by atoms with Crippen LogP contribution in [-0.2, 0) is 41.1 Å². The average molecular weight is 491 g/mol. The Kier molecular flexibility index (Phi) is 4.96. The highest BCUT2D eigenvalue weighted by Crippen LogP contribution is 2.40. The number of fused-ring (bicyclic) bond motifs is 2. The zero-order valence-electron chi connectivity index (χ0n) is 19.7. The monoisotopic (exact) mass is 490 g/mol. The number of sulfone groups is 1. The highest BCUT2D eigenvalue weighted by molar-refractivity contribution is 7.97. The summed E-state index contributed by atoms with van der Waals surface area (Å²) in [5.74, 6) is 0.816. The number of rotatable bonds is 3. The van der Waals surface area contributed by atoms with Gasteiger partial charge in [0.15, 0.2) is 15.7 Å². The molecule has 0 bridgehead atoms. The molecular weight excluding hydrogens is 464 g/mol. The first-order chi connectivity index (χ1) is 16.8. The number of carbonyl (C=O) groups is 1. The van der Waals surface area contributed by atoms with Crippen molar-refractivity contribution in [3.8, 4) is 11.1 Å². The van der Waals surface area contributed by atoms with Crippen molar-refractivity contribution in [2.75, 3.05) is 18.0 Å². The largest absolute Gasteiger partial charge is 0.338 e. The molecule has 2 aromatic heterocycles. The number of hydrogen-bond acceptors (Lipinski definition) is 6. The first-order valence-corrected chi connectivity index (χ1v) is 13.3. The Bertz CT molecular complexity index is 1530. The van der Waals surface area contributed by atoms with Crippen LogP contribution in [-0.4, -0.2) is 51.9 Å². The lowest BCUT2D eigenvalue weighted by molar-refractivity contribution is -0.129. The maximum Gasteiger partial charge on any atom is 0.219 e. The summed E-state index contributed by atoms with van der Waals surface area (Å²) in [6.45, 7) is 3.43. The fourth-order valence-corrected chi connectivity index (χ4v) is 6.12. The molecule has 10 heteroatoms. The number of aryl methyl sites for hydroxylation is 2. The minimum atomic E-state index is -3.38. The fraction of sp³-hybridized carbons (Fsp3) is 0.320. The van der Waals surface area contributed by atoms with E-state index in [9.17, 15) is 13.2 Å². The van der Waals surface area contributed by atoms with E-state index >= 15 is 0 Å². The molecule has 1 aromatic carbocycles. The van der Waals surface area contributed by atoms with Gasteiger partial charge in [-0.1, -0.05) is 6.07 Å². The van der Waals surface area contributed by atoms with Gasteiger partial charge in [-0.05, 0) is 42.2 Å². The van der Waals surface area contributed by atoms with Gasteiger partial charge < -0.3 is 9.80 Å². The maximum atomic E-state index is 12.2. The van der Waals surface area contributed by atoms with Crippen molar-refractivity contribution in [2.45, 2.75) is 32.7 Å². The fourth-order valence-electron chi connectivity index (χ4n) is 5.20. The molecule has 0 saturated heterocycles. The average Bonchev–Trinajstić information content (AvgIpc) is 3.54. The van der Waals surface area contributed by atoms with E-state index in [1.54, 1.807) is 22.4 Å². The normalized spacial score (nSPS) is 18.4. The number of benzene rings is 1. The van der Waals surface area contributed by atoms with Gasteiger partial charge in [0.1, 0.15) is 0 Å². The van der Waals surface area contributed by atoms with Gasteiger partial charge >= 0.3 is 0 Å². The lowest BCUT2D eigenvalue weighted by atomic mass is 9.96. The Balaban J connectivity index is 1.46. The zero-order valence-corrected chi connectivity index (χ0v) is 20.5. The third-order valence-corrected chi connectivity index (χ3v) is 8.02. The summed E-state index contributed by atoms with van der Waals surface area (Å²) in [4.78, 5) is 16.2. The summed E-state index contributed by atoms with van der Waals surface area (Å²) >= 11 is 0. The van der Waals surface area contributed by atoms with E-state index in [-0.39, 0.29) is 5.91 Å². The van der Waals surface area contributed by atoms with Gasteiger partial charge in [0.2, 0.25) is 5.91 Å². The molecule has 0 radical (unpaired) electrons. The predicted octanol–water partition coefficient (Wildman–Crippen LogP) is 3.01. The number of nitrogens with zero attached hydrogens (tertiary/aromatic N) is 6. The molecule has 3 aliphatic rings. The molecule has 5 heterocycles. The second-order valence-corrected chi connectivity index (χ2v) is 11.0. The summed E-state index contributed by atoms with van der Waals surface area (Å²) in [5, 5.41) is 11.7. The van der Waals surface area contributed by atoms with Crippen molar-refractivity contribution < 1.29 is 13.2 Å². The van der Waals surface area contributed by atoms with Crippen molar-refractivity contribution in [3.63, 3.8) is 0 Å². The van der Waals surface area contributed by atoms with Gasteiger partial charge in [-0.25, -0.2) is 13.1 Å². The lowest BCUT2D eigenvalue weighted by Gasteiger charge is -2.32. The second-order valence-electron chi connectivity index (χ2n) is 9.29. The lowest BCUT2D eigenvalue weighted by Crippen LogP contribution is -2.35. The molecule has 0 spiro atoms. The highest BCUT2D eigenvalue weighted by atomic mass is 32.2. The van der Waals surface area contributed by atoms with Crippen LogP contribution in [0.2, 0.25) is 0 Å². The molecule has 0 fully saturated rings. The SMILES string of the molecule is CC(=O)N1CCc2c(c(N3CCCc4cc(-c5cnn(C)c5)ccc43)nn2C2=CS(=O)(=O)C=C2)C1. The molecule has 9 nitrogen and oxygen atoms in total. The van der Waals surface area contributed by atoms with Crippen LogP contribution in [0.5, 0.6) is 0 Å². The zero-order chi connectivity index (χ0) is 24.3. The third kappa shape index (κ3) is 3.78. The maximum absolute atomic E-state index is 12.2. The van der Waals surface area contributed by atoms with Gasteiger partial charge in [0.25, 0.3) is 0 Å². The van der Waals surface area contributed by atoms with E-state index in [0.29, 0.717) is 25.2 Å². The van der Waals surface area contributed by atoms with Crippen LogP contribution in [0.15, 0.2) is 47.5 Å². The molecule has 0 atom stereocenters. The molecule has 6 rings (SSSR count). The smallest absolute Gasteiger partial charge is 0.219 e. The van der Waals surface area contributed by atoms with Crippen LogP contribution in [0.4, 0.5) is 11.5 Å².